The number of rotatable bonds is 11. The van der Waals surface area contributed by atoms with E-state index in [1.54, 1.807) is 0 Å². The van der Waals surface area contributed by atoms with Crippen LogP contribution in [0.25, 0.3) is 0 Å². The summed E-state index contributed by atoms with van der Waals surface area (Å²) in [5.74, 6) is 0.571. The number of carbonyl (C=O) groups is 1. The maximum Gasteiger partial charge on any atom is 0.228 e. The molecule has 0 radical (unpaired) electrons. The molecule has 1 unspecified atom stereocenters. The summed E-state index contributed by atoms with van der Waals surface area (Å²) in [6.45, 7) is 4.66. The van der Waals surface area contributed by atoms with Crippen molar-refractivity contribution in [1.29, 1.82) is 0 Å². The van der Waals surface area contributed by atoms with Crippen molar-refractivity contribution in [1.82, 2.24) is 10.6 Å². The van der Waals surface area contributed by atoms with Crippen LogP contribution in [0.4, 0.5) is 5.69 Å². The molecule has 5 nitrogen and oxygen atoms in total. The fraction of sp³-hybridized carbons (Fsp3) is 0.579. The highest BCUT2D eigenvalue weighted by molar-refractivity contribution is 7.80. The smallest absolute Gasteiger partial charge is 0.228 e. The Balaban J connectivity index is 2.53. The Morgan fingerprint density at radius 1 is 1.07 bits per heavy atom. The zero-order valence-electron chi connectivity index (χ0n) is 16.2. The molecular weight excluding hydrogens is 441 g/mol. The second-order valence-corrected chi connectivity index (χ2v) is 9.04. The number of alkyl halides is 3. The first-order chi connectivity index (χ1) is 13.3. The van der Waals surface area contributed by atoms with Gasteiger partial charge in [0.25, 0.3) is 0 Å². The second-order valence-electron chi connectivity index (χ2n) is 6.26. The number of halogens is 3. The number of thiocarbonyl (C=S) groups is 1. The molecular formula is C19H28Cl3N3O2S. The van der Waals surface area contributed by atoms with E-state index in [9.17, 15) is 4.79 Å². The van der Waals surface area contributed by atoms with Gasteiger partial charge in [-0.1, -0.05) is 67.4 Å². The van der Waals surface area contributed by atoms with Crippen molar-refractivity contribution in [3.63, 3.8) is 0 Å². The third-order valence-corrected chi connectivity index (χ3v) is 4.71. The van der Waals surface area contributed by atoms with Gasteiger partial charge in [-0.3, -0.25) is 4.79 Å². The van der Waals surface area contributed by atoms with E-state index in [0.717, 1.165) is 37.1 Å². The van der Waals surface area contributed by atoms with E-state index in [1.807, 2.05) is 31.2 Å². The van der Waals surface area contributed by atoms with Gasteiger partial charge in [0.15, 0.2) is 5.11 Å². The Labute approximate surface area is 187 Å². The van der Waals surface area contributed by atoms with Gasteiger partial charge in [-0.25, -0.2) is 0 Å². The first kappa shape index (κ1) is 25.1. The summed E-state index contributed by atoms with van der Waals surface area (Å²) >= 11 is 23.3. The Bertz CT molecular complexity index is 609. The Kier molecular flexibility index (Phi) is 11.9. The zero-order valence-corrected chi connectivity index (χ0v) is 19.3. The summed E-state index contributed by atoms with van der Waals surface area (Å²) in [5.41, 5.74) is 0.742. The molecule has 0 fully saturated rings. The SMILES string of the molecule is CCCCCCCC(=O)NC(NC(=S)Nc1ccc(OCC)cc1)C(Cl)(Cl)Cl. The highest BCUT2D eigenvalue weighted by atomic mass is 35.6. The Morgan fingerprint density at radius 2 is 1.71 bits per heavy atom. The fourth-order valence-electron chi connectivity index (χ4n) is 2.42. The first-order valence-electron chi connectivity index (χ1n) is 9.42. The second kappa shape index (κ2) is 13.3. The topological polar surface area (TPSA) is 62.4 Å². The van der Waals surface area contributed by atoms with E-state index in [4.69, 9.17) is 51.8 Å². The molecule has 0 bridgehead atoms. The minimum absolute atomic E-state index is 0.191. The predicted octanol–water partition coefficient (Wildman–Crippen LogP) is 5.54. The van der Waals surface area contributed by atoms with E-state index in [2.05, 4.69) is 22.9 Å². The summed E-state index contributed by atoms with van der Waals surface area (Å²) in [7, 11) is 0. The van der Waals surface area contributed by atoms with Gasteiger partial charge in [0.1, 0.15) is 11.9 Å². The molecule has 0 aliphatic heterocycles. The van der Waals surface area contributed by atoms with Crippen molar-refractivity contribution >= 4 is 63.7 Å². The van der Waals surface area contributed by atoms with Gasteiger partial charge in [-0.2, -0.15) is 0 Å². The first-order valence-corrected chi connectivity index (χ1v) is 11.0. The molecule has 9 heteroatoms. The van der Waals surface area contributed by atoms with Gasteiger partial charge in [0, 0.05) is 12.1 Å². The molecule has 3 N–H and O–H groups in total. The molecule has 1 aromatic carbocycles. The lowest BCUT2D eigenvalue weighted by molar-refractivity contribution is -0.122. The number of ether oxygens (including phenoxy) is 1. The standard InChI is InChI=1S/C19H28Cl3N3O2S/c1-3-5-6-7-8-9-16(26)24-17(19(20,21)22)25-18(28)23-14-10-12-15(13-11-14)27-4-2/h10-13,17H,3-9H2,1-2H3,(H,24,26)(H2,23,25,28). The van der Waals surface area contributed by atoms with Crippen LogP contribution in [0.2, 0.25) is 0 Å². The van der Waals surface area contributed by atoms with Crippen molar-refractivity contribution in [3.8, 4) is 5.75 Å². The molecule has 0 saturated carbocycles. The maximum atomic E-state index is 12.2. The normalized spacial score (nSPS) is 12.2. The van der Waals surface area contributed by atoms with Crippen LogP contribution >= 0.6 is 47.0 Å². The molecule has 0 saturated heterocycles. The lowest BCUT2D eigenvalue weighted by Crippen LogP contribution is -2.56. The number of nitrogens with one attached hydrogen (secondary N) is 3. The van der Waals surface area contributed by atoms with Crippen molar-refractivity contribution < 1.29 is 9.53 Å². The van der Waals surface area contributed by atoms with Crippen LogP contribution in [0.1, 0.15) is 52.4 Å². The van der Waals surface area contributed by atoms with Gasteiger partial charge in [-0.15, -0.1) is 0 Å². The molecule has 0 aliphatic rings. The fourth-order valence-corrected chi connectivity index (χ4v) is 2.98. The van der Waals surface area contributed by atoms with Crippen LogP contribution in [0, 0.1) is 0 Å². The summed E-state index contributed by atoms with van der Waals surface area (Å²) in [4.78, 5) is 12.2. The number of hydrogen-bond acceptors (Lipinski definition) is 3. The molecule has 1 atom stereocenters. The molecule has 0 heterocycles. The van der Waals surface area contributed by atoms with Crippen LogP contribution in [0.5, 0.6) is 5.75 Å². The van der Waals surface area contributed by atoms with Crippen LogP contribution in [0.3, 0.4) is 0 Å². The lowest BCUT2D eigenvalue weighted by atomic mass is 10.1. The molecule has 158 valence electrons. The molecule has 1 amide bonds. The van der Waals surface area contributed by atoms with Gasteiger partial charge >= 0.3 is 0 Å². The molecule has 0 aliphatic carbocycles. The highest BCUT2D eigenvalue weighted by Gasteiger charge is 2.34. The third-order valence-electron chi connectivity index (χ3n) is 3.84. The van der Waals surface area contributed by atoms with Crippen LogP contribution in [0.15, 0.2) is 24.3 Å². The average molecular weight is 469 g/mol. The van der Waals surface area contributed by atoms with E-state index < -0.39 is 9.96 Å². The highest BCUT2D eigenvalue weighted by Crippen LogP contribution is 2.29. The van der Waals surface area contributed by atoms with Gasteiger partial charge in [0.05, 0.1) is 6.61 Å². The Hall–Kier alpha value is -0.950. The summed E-state index contributed by atoms with van der Waals surface area (Å²) in [6.07, 6.45) is 4.67. The van der Waals surface area contributed by atoms with Crippen LogP contribution in [-0.4, -0.2) is 27.6 Å². The number of unbranched alkanes of at least 4 members (excludes halogenated alkanes) is 4. The molecule has 0 spiro atoms. The largest absolute Gasteiger partial charge is 0.494 e. The number of amides is 1. The van der Waals surface area contributed by atoms with Crippen LogP contribution < -0.4 is 20.7 Å². The molecule has 1 aromatic rings. The van der Waals surface area contributed by atoms with Gasteiger partial charge in [0.2, 0.25) is 9.70 Å². The van der Waals surface area contributed by atoms with Crippen molar-refractivity contribution in [2.24, 2.45) is 0 Å². The summed E-state index contributed by atoms with van der Waals surface area (Å²) in [6, 6.07) is 7.28. The minimum Gasteiger partial charge on any atom is -0.494 e. The lowest BCUT2D eigenvalue weighted by Gasteiger charge is -2.27. The van der Waals surface area contributed by atoms with E-state index in [-0.39, 0.29) is 11.0 Å². The number of hydrogen-bond donors (Lipinski definition) is 3. The number of benzene rings is 1. The molecule has 1 rings (SSSR count). The van der Waals surface area contributed by atoms with E-state index in [1.165, 1.54) is 6.42 Å². The Morgan fingerprint density at radius 3 is 2.29 bits per heavy atom. The number of anilines is 1. The van der Waals surface area contributed by atoms with Crippen molar-refractivity contribution in [3.05, 3.63) is 24.3 Å². The van der Waals surface area contributed by atoms with E-state index in [0.29, 0.717) is 13.0 Å². The maximum absolute atomic E-state index is 12.2. The molecule has 0 aromatic heterocycles. The average Bonchev–Trinajstić information content (AvgIpc) is 2.62. The van der Waals surface area contributed by atoms with Gasteiger partial charge in [-0.05, 0) is 49.8 Å². The van der Waals surface area contributed by atoms with Crippen molar-refractivity contribution in [2.45, 2.75) is 62.3 Å². The summed E-state index contributed by atoms with van der Waals surface area (Å²) in [5, 5.41) is 8.76. The zero-order chi connectivity index (χ0) is 21.0. The van der Waals surface area contributed by atoms with Crippen molar-refractivity contribution in [2.75, 3.05) is 11.9 Å². The monoisotopic (exact) mass is 467 g/mol. The van der Waals surface area contributed by atoms with E-state index >= 15 is 0 Å². The third kappa shape index (κ3) is 10.6. The van der Waals surface area contributed by atoms with Crippen LogP contribution in [-0.2, 0) is 4.79 Å². The van der Waals surface area contributed by atoms with Gasteiger partial charge < -0.3 is 20.7 Å². The quantitative estimate of drug-likeness (QED) is 0.172. The minimum atomic E-state index is -1.76. The predicted molar refractivity (Wildman–Crippen MR) is 123 cm³/mol. The molecule has 28 heavy (non-hydrogen) atoms. The summed E-state index contributed by atoms with van der Waals surface area (Å²) < 4.78 is 3.64. The number of carbonyl (C=O) groups excluding carboxylic acids is 1.